The summed E-state index contributed by atoms with van der Waals surface area (Å²) in [6.45, 7) is 4.68. The largest absolute Gasteiger partial charge is 0.489 e. The first-order chi connectivity index (χ1) is 17.6. The monoisotopic (exact) mass is 521 g/mol. The summed E-state index contributed by atoms with van der Waals surface area (Å²) in [6, 6.07) is 16.1. The Morgan fingerprint density at radius 3 is 2.65 bits per heavy atom. The van der Waals surface area contributed by atoms with Crippen LogP contribution >= 0.6 is 0 Å². The zero-order chi connectivity index (χ0) is 26.3. The Morgan fingerprint density at radius 1 is 1.11 bits per heavy atom. The molecule has 0 aliphatic heterocycles. The lowest BCUT2D eigenvalue weighted by Gasteiger charge is -2.14. The molecule has 2 aliphatic rings. The van der Waals surface area contributed by atoms with Crippen molar-refractivity contribution < 1.29 is 27.8 Å². The second-order valence-corrected chi connectivity index (χ2v) is 12.4. The molecule has 1 heterocycles. The van der Waals surface area contributed by atoms with Crippen LogP contribution in [0.4, 0.5) is 0 Å². The van der Waals surface area contributed by atoms with Crippen LogP contribution in [0, 0.1) is 25.7 Å². The second kappa shape index (κ2) is 9.82. The number of hydrogen-bond acceptors (Lipinski definition) is 6. The molecule has 0 saturated heterocycles. The molecule has 2 aromatic carbocycles. The lowest BCUT2D eigenvalue weighted by atomic mass is 9.98. The summed E-state index contributed by atoms with van der Waals surface area (Å²) < 4.78 is 34.4. The lowest BCUT2D eigenvalue weighted by Crippen LogP contribution is -2.09. The molecule has 194 valence electrons. The predicted octanol–water partition coefficient (Wildman–Crippen LogP) is 4.73. The smallest absolute Gasteiger partial charge is 0.307 e. The molecule has 0 bridgehead atoms. The fraction of sp³-hybridized carbons (Fsp3) is 0.379. The Labute approximate surface area is 217 Å². The lowest BCUT2D eigenvalue weighted by molar-refractivity contribution is -0.139. The highest BCUT2D eigenvalue weighted by Gasteiger charge is 2.59. The number of benzene rings is 2. The Bertz CT molecular complexity index is 1440. The van der Waals surface area contributed by atoms with E-state index in [1.54, 1.807) is 0 Å². The maximum absolute atomic E-state index is 11.3. The molecule has 1 N–H and O–H groups in total. The summed E-state index contributed by atoms with van der Waals surface area (Å²) in [5.41, 5.74) is 7.35. The zero-order valence-corrected chi connectivity index (χ0v) is 22.0. The van der Waals surface area contributed by atoms with Crippen molar-refractivity contribution in [3.63, 3.8) is 0 Å². The summed E-state index contributed by atoms with van der Waals surface area (Å²) in [7, 11) is -3.00. The number of pyridine rings is 1. The third kappa shape index (κ3) is 5.49. The molecule has 1 aromatic heterocycles. The van der Waals surface area contributed by atoms with Gasteiger partial charge in [0.05, 0.1) is 18.3 Å². The van der Waals surface area contributed by atoms with Crippen molar-refractivity contribution in [2.45, 2.75) is 39.2 Å². The Balaban J connectivity index is 1.23. The average molecular weight is 522 g/mol. The summed E-state index contributed by atoms with van der Waals surface area (Å²) in [6.07, 6.45) is 2.46. The SMILES string of the molecule is Cc1cc(OCCCS(C)(=O)=O)nc(C)c1-c1cccc(COc2ccc3c(c2)CC2C(C(=O)O)C32)c1. The zero-order valence-electron chi connectivity index (χ0n) is 21.2. The molecule has 3 unspecified atom stereocenters. The number of carboxylic acid groups (broad SMARTS) is 1. The van der Waals surface area contributed by atoms with Crippen LogP contribution in [-0.2, 0) is 27.7 Å². The number of aromatic nitrogens is 1. The number of ether oxygens (including phenoxy) is 2. The van der Waals surface area contributed by atoms with Gasteiger partial charge >= 0.3 is 5.97 Å². The number of sulfone groups is 1. The molecule has 0 radical (unpaired) electrons. The fourth-order valence-corrected chi connectivity index (χ4v) is 6.25. The molecule has 3 atom stereocenters. The van der Waals surface area contributed by atoms with Gasteiger partial charge in [0.15, 0.2) is 0 Å². The molecule has 8 heteroatoms. The molecule has 3 aromatic rings. The third-order valence-corrected chi connectivity index (χ3v) is 8.32. The van der Waals surface area contributed by atoms with Crippen molar-refractivity contribution >= 4 is 15.8 Å². The highest BCUT2D eigenvalue weighted by Crippen LogP contribution is 2.61. The summed E-state index contributed by atoms with van der Waals surface area (Å²) in [5, 5.41) is 9.32. The van der Waals surface area contributed by atoms with Crippen LogP contribution in [0.5, 0.6) is 11.6 Å². The van der Waals surface area contributed by atoms with E-state index in [2.05, 4.69) is 17.1 Å². The Morgan fingerprint density at radius 2 is 1.92 bits per heavy atom. The molecule has 2 aliphatic carbocycles. The first-order valence-electron chi connectivity index (χ1n) is 12.5. The topological polar surface area (TPSA) is 103 Å². The van der Waals surface area contributed by atoms with E-state index in [1.165, 1.54) is 11.8 Å². The van der Waals surface area contributed by atoms with Gasteiger partial charge in [-0.05, 0) is 78.6 Å². The molecular weight excluding hydrogens is 490 g/mol. The minimum absolute atomic E-state index is 0.0929. The van der Waals surface area contributed by atoms with Crippen LogP contribution < -0.4 is 9.47 Å². The van der Waals surface area contributed by atoms with Gasteiger partial charge in [0, 0.05) is 29.5 Å². The summed E-state index contributed by atoms with van der Waals surface area (Å²) >= 11 is 0. The third-order valence-electron chi connectivity index (χ3n) is 7.29. The van der Waals surface area contributed by atoms with E-state index >= 15 is 0 Å². The molecule has 5 rings (SSSR count). The molecule has 0 amide bonds. The maximum atomic E-state index is 11.3. The molecule has 1 saturated carbocycles. The van der Waals surface area contributed by atoms with Crippen LogP contribution in [0.15, 0.2) is 48.5 Å². The van der Waals surface area contributed by atoms with E-state index in [4.69, 9.17) is 9.47 Å². The van der Waals surface area contributed by atoms with Gasteiger partial charge in [-0.25, -0.2) is 13.4 Å². The minimum Gasteiger partial charge on any atom is -0.489 e. The van der Waals surface area contributed by atoms with Gasteiger partial charge in [0.2, 0.25) is 5.88 Å². The first kappa shape index (κ1) is 25.3. The standard InChI is InChI=1S/C29H31NO6S/c1-17-12-25(35-10-5-11-37(3,33)34)30-18(2)26(17)20-7-4-6-19(13-20)16-36-22-8-9-23-21(14-22)15-24-27(23)28(24)29(31)32/h4,6-9,12-14,24,27-28H,5,10-11,15-16H2,1-3H3,(H,31,32). The van der Waals surface area contributed by atoms with Gasteiger partial charge in [0.25, 0.3) is 0 Å². The van der Waals surface area contributed by atoms with Gasteiger partial charge in [-0.1, -0.05) is 24.3 Å². The van der Waals surface area contributed by atoms with Gasteiger partial charge in [-0.2, -0.15) is 0 Å². The summed E-state index contributed by atoms with van der Waals surface area (Å²) in [4.78, 5) is 15.9. The van der Waals surface area contributed by atoms with Crippen LogP contribution in [0.2, 0.25) is 0 Å². The number of fused-ring (bicyclic) bond motifs is 3. The number of hydrogen-bond donors (Lipinski definition) is 1. The highest BCUT2D eigenvalue weighted by molar-refractivity contribution is 7.90. The van der Waals surface area contributed by atoms with Gasteiger partial charge in [-0.3, -0.25) is 4.79 Å². The van der Waals surface area contributed by atoms with Crippen molar-refractivity contribution in [1.29, 1.82) is 0 Å². The van der Waals surface area contributed by atoms with E-state index in [0.29, 0.717) is 25.5 Å². The number of aryl methyl sites for hydroxylation is 2. The highest BCUT2D eigenvalue weighted by atomic mass is 32.2. The molecular formula is C29H31NO6S. The van der Waals surface area contributed by atoms with Crippen LogP contribution in [0.25, 0.3) is 11.1 Å². The van der Waals surface area contributed by atoms with Crippen LogP contribution in [0.3, 0.4) is 0 Å². The van der Waals surface area contributed by atoms with Gasteiger partial charge in [0.1, 0.15) is 22.2 Å². The maximum Gasteiger partial charge on any atom is 0.307 e. The number of aliphatic carboxylic acids is 1. The number of nitrogens with zero attached hydrogens (tertiary/aromatic N) is 1. The molecule has 0 spiro atoms. The predicted molar refractivity (Wildman–Crippen MR) is 141 cm³/mol. The molecule has 1 fully saturated rings. The molecule has 7 nitrogen and oxygen atoms in total. The van der Waals surface area contributed by atoms with E-state index in [0.717, 1.165) is 45.7 Å². The number of carbonyl (C=O) groups is 1. The van der Waals surface area contributed by atoms with E-state index < -0.39 is 15.8 Å². The first-order valence-corrected chi connectivity index (χ1v) is 14.5. The van der Waals surface area contributed by atoms with E-state index in [9.17, 15) is 18.3 Å². The Hall–Kier alpha value is -3.39. The number of rotatable bonds is 10. The second-order valence-electron chi connectivity index (χ2n) is 10.2. The summed E-state index contributed by atoms with van der Waals surface area (Å²) in [5.74, 6) is 0.887. The quantitative estimate of drug-likeness (QED) is 0.385. The van der Waals surface area contributed by atoms with Crippen molar-refractivity contribution in [1.82, 2.24) is 4.98 Å². The van der Waals surface area contributed by atoms with Crippen LogP contribution in [-0.4, -0.2) is 43.1 Å². The van der Waals surface area contributed by atoms with Crippen molar-refractivity contribution in [2.75, 3.05) is 18.6 Å². The Kier molecular flexibility index (Phi) is 6.70. The van der Waals surface area contributed by atoms with Crippen molar-refractivity contribution in [3.8, 4) is 22.8 Å². The number of carboxylic acids is 1. The normalized spacial score (nSPS) is 19.7. The molecule has 37 heavy (non-hydrogen) atoms. The average Bonchev–Trinajstić information content (AvgIpc) is 3.42. The van der Waals surface area contributed by atoms with Crippen LogP contribution in [0.1, 0.15) is 40.3 Å². The van der Waals surface area contributed by atoms with Gasteiger partial charge < -0.3 is 14.6 Å². The fourth-order valence-electron chi connectivity index (χ4n) is 5.60. The van der Waals surface area contributed by atoms with Crippen molar-refractivity contribution in [3.05, 3.63) is 76.5 Å². The van der Waals surface area contributed by atoms with E-state index in [-0.39, 0.29) is 23.5 Å². The van der Waals surface area contributed by atoms with E-state index in [1.807, 2.05) is 50.2 Å². The van der Waals surface area contributed by atoms with Gasteiger partial charge in [-0.15, -0.1) is 0 Å². The minimum atomic E-state index is -3.00. The van der Waals surface area contributed by atoms with Crippen molar-refractivity contribution in [2.24, 2.45) is 11.8 Å².